The molecule has 0 aliphatic rings. The Labute approximate surface area is 192 Å². The molecule has 1 atom stereocenters. The van der Waals surface area contributed by atoms with Gasteiger partial charge in [0.05, 0.1) is 6.61 Å². The zero-order valence-corrected chi connectivity index (χ0v) is 20.3. The van der Waals surface area contributed by atoms with Crippen LogP contribution in [0.2, 0.25) is 5.04 Å². The first-order valence-electron chi connectivity index (χ1n) is 11.0. The van der Waals surface area contributed by atoms with E-state index in [0.29, 0.717) is 6.61 Å². The first-order chi connectivity index (χ1) is 15.3. The summed E-state index contributed by atoms with van der Waals surface area (Å²) in [6.45, 7) is 8.64. The van der Waals surface area contributed by atoms with Crippen molar-refractivity contribution in [3.63, 3.8) is 0 Å². The van der Waals surface area contributed by atoms with Crippen molar-refractivity contribution < 1.29 is 14.0 Å². The second-order valence-electron chi connectivity index (χ2n) is 8.84. The lowest BCUT2D eigenvalue weighted by Gasteiger charge is -2.42. The molecule has 166 valence electrons. The third-order valence-electron chi connectivity index (χ3n) is 5.54. The molecule has 0 aromatic heterocycles. The number of hydrogen-bond donors (Lipinski definition) is 0. The average Bonchev–Trinajstić information content (AvgIpc) is 2.79. The second-order valence-corrected chi connectivity index (χ2v) is 13.1. The molecule has 0 bridgehead atoms. The third kappa shape index (κ3) is 5.45. The van der Waals surface area contributed by atoms with Gasteiger partial charge in [0.25, 0.3) is 8.32 Å². The fraction of sp³-hybridized carbons (Fsp3) is 0.250. The van der Waals surface area contributed by atoms with Gasteiger partial charge in [0, 0.05) is 6.92 Å². The summed E-state index contributed by atoms with van der Waals surface area (Å²) in [7, 11) is -2.59. The number of benzene rings is 3. The molecule has 3 nitrogen and oxygen atoms in total. The van der Waals surface area contributed by atoms with E-state index in [1.807, 2.05) is 54.6 Å². The van der Waals surface area contributed by atoms with E-state index < -0.39 is 14.4 Å². The van der Waals surface area contributed by atoms with Gasteiger partial charge in [-0.05, 0) is 27.1 Å². The number of carbonyl (C=O) groups excluding carboxylic acids is 1. The van der Waals surface area contributed by atoms with Crippen LogP contribution in [0.1, 0.15) is 39.4 Å². The van der Waals surface area contributed by atoms with Crippen molar-refractivity contribution in [2.24, 2.45) is 0 Å². The van der Waals surface area contributed by atoms with Crippen molar-refractivity contribution >= 4 is 24.7 Å². The molecule has 1 unspecified atom stereocenters. The fourth-order valence-corrected chi connectivity index (χ4v) is 8.66. The molecule has 0 spiro atoms. The Kier molecular flexibility index (Phi) is 7.83. The minimum Gasteiger partial charge on any atom is -0.453 e. The highest BCUT2D eigenvalue weighted by Crippen LogP contribution is 2.36. The summed E-state index contributed by atoms with van der Waals surface area (Å²) in [6, 6.07) is 30.9. The van der Waals surface area contributed by atoms with Crippen LogP contribution in [0.4, 0.5) is 0 Å². The standard InChI is InChI=1S/C28H32O3Si/c1-23(29)31-27(24-15-8-5-9-16-24)21-14-22-30-32(28(2,3)4,25-17-10-6-11-18-25)26-19-12-7-13-20-26/h5-21,27H,22H2,1-4H3/b21-14+. The monoisotopic (exact) mass is 444 g/mol. The van der Waals surface area contributed by atoms with Gasteiger partial charge in [0.15, 0.2) is 0 Å². The van der Waals surface area contributed by atoms with Crippen LogP contribution in [0.3, 0.4) is 0 Å². The highest BCUT2D eigenvalue weighted by Gasteiger charge is 2.49. The Morgan fingerprint density at radius 1 is 0.844 bits per heavy atom. The summed E-state index contributed by atoms with van der Waals surface area (Å²) < 4.78 is 12.4. The summed E-state index contributed by atoms with van der Waals surface area (Å²) in [6.07, 6.45) is 3.45. The maximum atomic E-state index is 11.6. The maximum Gasteiger partial charge on any atom is 0.303 e. The van der Waals surface area contributed by atoms with E-state index >= 15 is 0 Å². The summed E-state index contributed by atoms with van der Waals surface area (Å²) >= 11 is 0. The molecule has 0 aliphatic carbocycles. The smallest absolute Gasteiger partial charge is 0.303 e. The molecule has 0 saturated heterocycles. The van der Waals surface area contributed by atoms with E-state index in [1.54, 1.807) is 0 Å². The van der Waals surface area contributed by atoms with Crippen LogP contribution < -0.4 is 10.4 Å². The molecule has 3 aromatic rings. The lowest BCUT2D eigenvalue weighted by Crippen LogP contribution is -2.66. The highest BCUT2D eigenvalue weighted by molar-refractivity contribution is 6.99. The van der Waals surface area contributed by atoms with E-state index in [2.05, 4.69) is 69.3 Å². The molecular weight excluding hydrogens is 412 g/mol. The van der Waals surface area contributed by atoms with Crippen LogP contribution in [0.25, 0.3) is 0 Å². The Morgan fingerprint density at radius 3 is 1.75 bits per heavy atom. The topological polar surface area (TPSA) is 35.5 Å². The highest BCUT2D eigenvalue weighted by atomic mass is 28.4. The lowest BCUT2D eigenvalue weighted by atomic mass is 10.1. The van der Waals surface area contributed by atoms with Crippen LogP contribution in [0.15, 0.2) is 103 Å². The predicted octanol–water partition coefficient (Wildman–Crippen LogP) is 5.42. The van der Waals surface area contributed by atoms with Crippen LogP contribution in [-0.4, -0.2) is 20.9 Å². The number of esters is 1. The molecule has 0 N–H and O–H groups in total. The molecule has 3 rings (SSSR count). The molecule has 0 radical (unpaired) electrons. The van der Waals surface area contributed by atoms with Gasteiger partial charge in [-0.15, -0.1) is 0 Å². The van der Waals surface area contributed by atoms with Gasteiger partial charge in [0.2, 0.25) is 0 Å². The number of rotatable bonds is 8. The zero-order valence-electron chi connectivity index (χ0n) is 19.3. The Hall–Kier alpha value is -2.95. The minimum atomic E-state index is -2.59. The largest absolute Gasteiger partial charge is 0.453 e. The van der Waals surface area contributed by atoms with Gasteiger partial charge in [0.1, 0.15) is 6.10 Å². The molecular formula is C28H32O3Si. The Bertz CT molecular complexity index is 969. The van der Waals surface area contributed by atoms with Crippen molar-refractivity contribution in [3.8, 4) is 0 Å². The van der Waals surface area contributed by atoms with Crippen molar-refractivity contribution in [2.75, 3.05) is 6.61 Å². The first kappa shape index (κ1) is 23.7. The van der Waals surface area contributed by atoms with Crippen LogP contribution >= 0.6 is 0 Å². The number of hydrogen-bond acceptors (Lipinski definition) is 3. The SMILES string of the molecule is CC(=O)OC(/C=C/CO[Si](c1ccccc1)(c1ccccc1)C(C)(C)C)c1ccccc1. The quantitative estimate of drug-likeness (QED) is 0.264. The molecule has 32 heavy (non-hydrogen) atoms. The van der Waals surface area contributed by atoms with E-state index in [4.69, 9.17) is 9.16 Å². The van der Waals surface area contributed by atoms with E-state index in [0.717, 1.165) is 5.56 Å². The van der Waals surface area contributed by atoms with Gasteiger partial charge >= 0.3 is 5.97 Å². The van der Waals surface area contributed by atoms with Gasteiger partial charge in [-0.3, -0.25) is 4.79 Å². The van der Waals surface area contributed by atoms with Gasteiger partial charge in [-0.1, -0.05) is 118 Å². The normalized spacial score (nSPS) is 13.1. The molecule has 4 heteroatoms. The molecule has 0 saturated carbocycles. The van der Waals surface area contributed by atoms with Gasteiger partial charge in [-0.2, -0.15) is 0 Å². The van der Waals surface area contributed by atoms with Crippen molar-refractivity contribution in [3.05, 3.63) is 109 Å². The molecule has 3 aromatic carbocycles. The summed E-state index contributed by atoms with van der Waals surface area (Å²) in [5.74, 6) is -0.309. The summed E-state index contributed by atoms with van der Waals surface area (Å²) in [5.41, 5.74) is 0.935. The maximum absolute atomic E-state index is 11.6. The van der Waals surface area contributed by atoms with Gasteiger partial charge < -0.3 is 9.16 Å². The average molecular weight is 445 g/mol. The molecule has 0 heterocycles. The molecule has 0 fully saturated rings. The Balaban J connectivity index is 1.93. The van der Waals surface area contributed by atoms with Crippen LogP contribution in [-0.2, 0) is 14.0 Å². The second kappa shape index (κ2) is 10.6. The van der Waals surface area contributed by atoms with Crippen molar-refractivity contribution in [1.29, 1.82) is 0 Å². The molecule has 0 amide bonds. The first-order valence-corrected chi connectivity index (χ1v) is 12.9. The van der Waals surface area contributed by atoms with Crippen molar-refractivity contribution in [2.45, 2.75) is 38.8 Å². The zero-order chi connectivity index (χ0) is 23.0. The lowest BCUT2D eigenvalue weighted by molar-refractivity contribution is -0.144. The van der Waals surface area contributed by atoms with Crippen LogP contribution in [0.5, 0.6) is 0 Å². The molecule has 0 aliphatic heterocycles. The van der Waals surface area contributed by atoms with E-state index in [-0.39, 0.29) is 11.0 Å². The number of ether oxygens (including phenoxy) is 1. The van der Waals surface area contributed by atoms with E-state index in [9.17, 15) is 4.79 Å². The third-order valence-corrected chi connectivity index (χ3v) is 10.5. The van der Waals surface area contributed by atoms with Crippen molar-refractivity contribution in [1.82, 2.24) is 0 Å². The van der Waals surface area contributed by atoms with E-state index in [1.165, 1.54) is 17.3 Å². The van der Waals surface area contributed by atoms with Crippen LogP contribution in [0, 0.1) is 0 Å². The summed E-state index contributed by atoms with van der Waals surface area (Å²) in [5, 5.41) is 2.40. The minimum absolute atomic E-state index is 0.0851. The summed E-state index contributed by atoms with van der Waals surface area (Å²) in [4.78, 5) is 11.6. The van der Waals surface area contributed by atoms with Gasteiger partial charge in [-0.25, -0.2) is 0 Å². The Morgan fingerprint density at radius 2 is 1.31 bits per heavy atom. The predicted molar refractivity (Wildman–Crippen MR) is 134 cm³/mol. The number of carbonyl (C=O) groups is 1. The fourth-order valence-electron chi connectivity index (χ4n) is 4.15.